The zero-order chi connectivity index (χ0) is 13.7. The second-order valence-corrected chi connectivity index (χ2v) is 3.86. The molecule has 0 aliphatic heterocycles. The van der Waals surface area contributed by atoms with E-state index in [1.54, 1.807) is 18.2 Å². The lowest BCUT2D eigenvalue weighted by molar-refractivity contribution is -0.139. The maximum absolute atomic E-state index is 11.9. The summed E-state index contributed by atoms with van der Waals surface area (Å²) in [4.78, 5) is 22.8. The number of carboxylic acid groups (broad SMARTS) is 1. The Morgan fingerprint density at radius 2 is 2.22 bits per heavy atom. The molecular weight excluding hydrogens is 232 g/mol. The molecule has 0 saturated heterocycles. The van der Waals surface area contributed by atoms with Crippen molar-refractivity contribution in [3.63, 3.8) is 0 Å². The Morgan fingerprint density at radius 1 is 1.56 bits per heavy atom. The standard InChI is InChI=1S/C13H14N2O3/c1-3-4-11(13(17)18)15-12(16)9-7-8(2)5-6-10(9)14/h1,5-7,11H,4,14H2,2H3,(H,15,16)(H,17,18). The molecule has 0 fully saturated rings. The number of rotatable bonds is 4. The molecule has 18 heavy (non-hydrogen) atoms. The van der Waals surface area contributed by atoms with Crippen LogP contribution in [0.5, 0.6) is 0 Å². The predicted molar refractivity (Wildman–Crippen MR) is 67.9 cm³/mol. The summed E-state index contributed by atoms with van der Waals surface area (Å²) >= 11 is 0. The number of amides is 1. The molecule has 0 aromatic heterocycles. The van der Waals surface area contributed by atoms with Crippen molar-refractivity contribution in [2.75, 3.05) is 5.73 Å². The van der Waals surface area contributed by atoms with Crippen LogP contribution in [0, 0.1) is 19.3 Å². The Hall–Kier alpha value is -2.48. The summed E-state index contributed by atoms with van der Waals surface area (Å²) in [6.45, 7) is 1.81. The minimum Gasteiger partial charge on any atom is -0.480 e. The van der Waals surface area contributed by atoms with Gasteiger partial charge in [0.1, 0.15) is 6.04 Å². The fourth-order valence-corrected chi connectivity index (χ4v) is 1.42. The third-order valence-electron chi connectivity index (χ3n) is 2.38. The van der Waals surface area contributed by atoms with Gasteiger partial charge in [0, 0.05) is 12.1 Å². The quantitative estimate of drug-likeness (QED) is 0.540. The smallest absolute Gasteiger partial charge is 0.327 e. The number of aryl methyl sites for hydroxylation is 1. The van der Waals surface area contributed by atoms with Gasteiger partial charge in [-0.1, -0.05) is 11.6 Å². The number of nitrogens with two attached hydrogens (primary N) is 1. The topological polar surface area (TPSA) is 92.4 Å². The van der Waals surface area contributed by atoms with Crippen molar-refractivity contribution in [3.8, 4) is 12.3 Å². The van der Waals surface area contributed by atoms with Crippen LogP contribution in [-0.4, -0.2) is 23.0 Å². The second kappa shape index (κ2) is 5.73. The molecular formula is C13H14N2O3. The SMILES string of the molecule is C#CCC(NC(=O)c1cc(C)ccc1N)C(=O)O. The van der Waals surface area contributed by atoms with Gasteiger partial charge in [0.25, 0.3) is 5.91 Å². The molecule has 0 saturated carbocycles. The summed E-state index contributed by atoms with van der Waals surface area (Å²) in [7, 11) is 0. The maximum atomic E-state index is 11.9. The highest BCUT2D eigenvalue weighted by molar-refractivity contribution is 6.01. The van der Waals surface area contributed by atoms with Crippen molar-refractivity contribution in [2.24, 2.45) is 0 Å². The van der Waals surface area contributed by atoms with Gasteiger partial charge in [-0.2, -0.15) is 0 Å². The van der Waals surface area contributed by atoms with Gasteiger partial charge in [0.05, 0.1) is 5.56 Å². The largest absolute Gasteiger partial charge is 0.480 e. The number of carbonyl (C=O) groups is 2. The first-order valence-electron chi connectivity index (χ1n) is 5.29. The van der Waals surface area contributed by atoms with E-state index < -0.39 is 17.9 Å². The van der Waals surface area contributed by atoms with Crippen molar-refractivity contribution in [3.05, 3.63) is 29.3 Å². The van der Waals surface area contributed by atoms with Crippen LogP contribution < -0.4 is 11.1 Å². The predicted octanol–water partition coefficient (Wildman–Crippen LogP) is 0.784. The lowest BCUT2D eigenvalue weighted by Gasteiger charge is -2.13. The van der Waals surface area contributed by atoms with Crippen molar-refractivity contribution < 1.29 is 14.7 Å². The molecule has 1 aromatic rings. The van der Waals surface area contributed by atoms with Crippen LogP contribution in [0.2, 0.25) is 0 Å². The third-order valence-corrected chi connectivity index (χ3v) is 2.38. The summed E-state index contributed by atoms with van der Waals surface area (Å²) in [6.07, 6.45) is 4.97. The number of terminal acetylenes is 1. The van der Waals surface area contributed by atoms with E-state index in [1.807, 2.05) is 6.92 Å². The number of hydrogen-bond donors (Lipinski definition) is 3. The fourth-order valence-electron chi connectivity index (χ4n) is 1.42. The van der Waals surface area contributed by atoms with Gasteiger partial charge in [-0.25, -0.2) is 4.79 Å². The highest BCUT2D eigenvalue weighted by Crippen LogP contribution is 2.13. The van der Waals surface area contributed by atoms with Crippen molar-refractivity contribution in [2.45, 2.75) is 19.4 Å². The number of carboxylic acids is 1. The highest BCUT2D eigenvalue weighted by Gasteiger charge is 2.20. The molecule has 0 aliphatic rings. The summed E-state index contributed by atoms with van der Waals surface area (Å²) < 4.78 is 0. The average molecular weight is 246 g/mol. The molecule has 1 unspecified atom stereocenters. The lowest BCUT2D eigenvalue weighted by atomic mass is 10.1. The van der Waals surface area contributed by atoms with Gasteiger partial charge in [0.2, 0.25) is 0 Å². The summed E-state index contributed by atoms with van der Waals surface area (Å²) in [5.41, 5.74) is 7.07. The Morgan fingerprint density at radius 3 is 2.78 bits per heavy atom. The average Bonchev–Trinajstić information content (AvgIpc) is 2.31. The van der Waals surface area contributed by atoms with E-state index in [0.717, 1.165) is 5.56 Å². The summed E-state index contributed by atoms with van der Waals surface area (Å²) in [6, 6.07) is 3.85. The van der Waals surface area contributed by atoms with Gasteiger partial charge in [0.15, 0.2) is 0 Å². The highest BCUT2D eigenvalue weighted by atomic mass is 16.4. The van der Waals surface area contributed by atoms with Crippen LogP contribution in [0.1, 0.15) is 22.3 Å². The van der Waals surface area contributed by atoms with Gasteiger partial charge >= 0.3 is 5.97 Å². The molecule has 1 aromatic carbocycles. The summed E-state index contributed by atoms with van der Waals surface area (Å²) in [5.74, 6) is 0.489. The van der Waals surface area contributed by atoms with Crippen molar-refractivity contribution >= 4 is 17.6 Å². The molecule has 1 atom stereocenters. The number of anilines is 1. The molecule has 5 nitrogen and oxygen atoms in total. The maximum Gasteiger partial charge on any atom is 0.327 e. The number of carbonyl (C=O) groups excluding carboxylic acids is 1. The molecule has 5 heteroatoms. The number of aliphatic carboxylic acids is 1. The minimum absolute atomic E-state index is 0.0766. The van der Waals surface area contributed by atoms with Crippen LogP contribution in [0.4, 0.5) is 5.69 Å². The van der Waals surface area contributed by atoms with Gasteiger partial charge in [-0.15, -0.1) is 12.3 Å². The molecule has 1 amide bonds. The number of benzene rings is 1. The molecule has 1 rings (SSSR count). The first-order valence-corrected chi connectivity index (χ1v) is 5.29. The molecule has 0 aliphatic carbocycles. The lowest BCUT2D eigenvalue weighted by Crippen LogP contribution is -2.40. The van der Waals surface area contributed by atoms with E-state index in [1.165, 1.54) is 0 Å². The van der Waals surface area contributed by atoms with Gasteiger partial charge < -0.3 is 16.2 Å². The van der Waals surface area contributed by atoms with E-state index in [4.69, 9.17) is 17.3 Å². The Balaban J connectivity index is 2.91. The Bertz CT molecular complexity index is 517. The zero-order valence-electron chi connectivity index (χ0n) is 9.93. The normalized spacial score (nSPS) is 11.3. The number of nitrogens with one attached hydrogen (secondary N) is 1. The van der Waals surface area contributed by atoms with Crippen LogP contribution in [0.25, 0.3) is 0 Å². The van der Waals surface area contributed by atoms with Crippen molar-refractivity contribution in [1.29, 1.82) is 0 Å². The Kier molecular flexibility index (Phi) is 4.33. The first-order chi connectivity index (χ1) is 8.45. The monoisotopic (exact) mass is 246 g/mol. The van der Waals surface area contributed by atoms with Crippen molar-refractivity contribution in [1.82, 2.24) is 5.32 Å². The molecule has 94 valence electrons. The van der Waals surface area contributed by atoms with E-state index >= 15 is 0 Å². The molecule has 0 radical (unpaired) electrons. The van der Waals surface area contributed by atoms with Gasteiger partial charge in [-0.3, -0.25) is 4.79 Å². The third kappa shape index (κ3) is 3.25. The van der Waals surface area contributed by atoms with E-state index in [-0.39, 0.29) is 12.0 Å². The van der Waals surface area contributed by atoms with Crippen LogP contribution in [-0.2, 0) is 4.79 Å². The number of nitrogen functional groups attached to an aromatic ring is 1. The van der Waals surface area contributed by atoms with Gasteiger partial charge in [-0.05, 0) is 19.1 Å². The molecule has 0 spiro atoms. The minimum atomic E-state index is -1.17. The zero-order valence-corrected chi connectivity index (χ0v) is 9.93. The number of hydrogen-bond acceptors (Lipinski definition) is 3. The molecule has 4 N–H and O–H groups in total. The second-order valence-electron chi connectivity index (χ2n) is 3.86. The van der Waals surface area contributed by atoms with E-state index in [9.17, 15) is 9.59 Å². The van der Waals surface area contributed by atoms with Crippen LogP contribution in [0.3, 0.4) is 0 Å². The molecule has 0 heterocycles. The van der Waals surface area contributed by atoms with Crippen LogP contribution in [0.15, 0.2) is 18.2 Å². The van der Waals surface area contributed by atoms with E-state index in [2.05, 4.69) is 11.2 Å². The Labute approximate surface area is 105 Å². The first kappa shape index (κ1) is 13.6. The van der Waals surface area contributed by atoms with Crippen LogP contribution >= 0.6 is 0 Å². The summed E-state index contributed by atoms with van der Waals surface area (Å²) in [5, 5.41) is 11.2. The fraction of sp³-hybridized carbons (Fsp3) is 0.231. The molecule has 0 bridgehead atoms. The van der Waals surface area contributed by atoms with E-state index in [0.29, 0.717) is 5.69 Å².